The predicted molar refractivity (Wildman–Crippen MR) is 77.6 cm³/mol. The van der Waals surface area contributed by atoms with E-state index in [1.165, 1.54) is 6.07 Å². The molecule has 1 amide bonds. The lowest BCUT2D eigenvalue weighted by Gasteiger charge is -2.08. The van der Waals surface area contributed by atoms with E-state index in [9.17, 15) is 4.79 Å². The highest BCUT2D eigenvalue weighted by atomic mass is 35.5. The Morgan fingerprint density at radius 1 is 1.24 bits per heavy atom. The average molecular weight is 307 g/mol. The first kappa shape index (κ1) is 13.5. The minimum atomic E-state index is -0.448. The number of pyridine rings is 1. The largest absolute Gasteiger partial charge is 0.454 e. The van der Waals surface area contributed by atoms with Crippen LogP contribution in [0.1, 0.15) is 10.5 Å². The second-order valence-corrected chi connectivity index (χ2v) is 4.60. The average Bonchev–Trinajstić information content (AvgIpc) is 2.95. The molecule has 0 saturated carbocycles. The summed E-state index contributed by atoms with van der Waals surface area (Å²) in [7, 11) is 0. The molecule has 0 bridgehead atoms. The van der Waals surface area contributed by atoms with Gasteiger partial charge in [-0.25, -0.2) is 10.8 Å². The normalized spacial score (nSPS) is 12.1. The maximum Gasteiger partial charge on any atom is 0.275 e. The van der Waals surface area contributed by atoms with Crippen LogP contribution in [-0.4, -0.2) is 17.7 Å². The molecule has 0 radical (unpaired) electrons. The van der Waals surface area contributed by atoms with E-state index in [0.717, 1.165) is 0 Å². The zero-order chi connectivity index (χ0) is 14.8. The van der Waals surface area contributed by atoms with Gasteiger partial charge in [0.05, 0.1) is 5.02 Å². The number of anilines is 2. The molecule has 1 aliphatic heterocycles. The topological polar surface area (TPSA) is 98.5 Å². The fraction of sp³-hybridized carbons (Fsp3) is 0.0769. The summed E-state index contributed by atoms with van der Waals surface area (Å²) in [6.07, 6.45) is 0. The highest BCUT2D eigenvalue weighted by molar-refractivity contribution is 6.34. The maximum atomic E-state index is 12.2. The summed E-state index contributed by atoms with van der Waals surface area (Å²) in [5.74, 6) is 6.37. The van der Waals surface area contributed by atoms with E-state index in [2.05, 4.69) is 15.7 Å². The van der Waals surface area contributed by atoms with Crippen LogP contribution in [0.4, 0.5) is 11.5 Å². The van der Waals surface area contributed by atoms with Crippen LogP contribution in [0.3, 0.4) is 0 Å². The zero-order valence-corrected chi connectivity index (χ0v) is 11.5. The Bertz CT molecular complexity index is 708. The van der Waals surface area contributed by atoms with Gasteiger partial charge in [0.2, 0.25) is 6.79 Å². The molecule has 0 atom stereocenters. The lowest BCUT2D eigenvalue weighted by atomic mass is 10.2. The molecule has 3 rings (SSSR count). The molecule has 0 aliphatic carbocycles. The number of aromatic nitrogens is 1. The third-order valence-corrected chi connectivity index (χ3v) is 3.14. The molecule has 0 saturated heterocycles. The van der Waals surface area contributed by atoms with E-state index < -0.39 is 5.91 Å². The van der Waals surface area contributed by atoms with Gasteiger partial charge in [-0.2, -0.15) is 0 Å². The van der Waals surface area contributed by atoms with Gasteiger partial charge in [0.1, 0.15) is 11.5 Å². The minimum Gasteiger partial charge on any atom is -0.454 e. The van der Waals surface area contributed by atoms with E-state index in [1.807, 2.05) is 0 Å². The van der Waals surface area contributed by atoms with Gasteiger partial charge in [-0.05, 0) is 24.3 Å². The Labute approximate surface area is 125 Å². The number of nitrogens with one attached hydrogen (secondary N) is 2. The number of nitrogen functional groups attached to an aromatic ring is 1. The Kier molecular flexibility index (Phi) is 3.51. The van der Waals surface area contributed by atoms with Crippen LogP contribution in [-0.2, 0) is 0 Å². The van der Waals surface area contributed by atoms with Gasteiger partial charge in [-0.15, -0.1) is 0 Å². The van der Waals surface area contributed by atoms with Crippen LogP contribution < -0.4 is 26.1 Å². The molecule has 2 aromatic rings. The van der Waals surface area contributed by atoms with Crippen molar-refractivity contribution < 1.29 is 14.3 Å². The van der Waals surface area contributed by atoms with Crippen molar-refractivity contribution in [2.45, 2.75) is 0 Å². The molecule has 0 fully saturated rings. The molecule has 108 valence electrons. The summed E-state index contributed by atoms with van der Waals surface area (Å²) < 4.78 is 10.4. The van der Waals surface area contributed by atoms with Crippen molar-refractivity contribution in [3.8, 4) is 11.5 Å². The van der Waals surface area contributed by atoms with Crippen LogP contribution in [0.5, 0.6) is 11.5 Å². The molecule has 0 spiro atoms. The summed E-state index contributed by atoms with van der Waals surface area (Å²) in [6.45, 7) is 0.171. The van der Waals surface area contributed by atoms with Crippen LogP contribution in [0.25, 0.3) is 0 Å². The van der Waals surface area contributed by atoms with Gasteiger partial charge in [-0.1, -0.05) is 11.6 Å². The number of amides is 1. The Hall–Kier alpha value is -2.51. The number of ether oxygens (including phenoxy) is 2. The number of benzene rings is 1. The third kappa shape index (κ3) is 2.69. The van der Waals surface area contributed by atoms with Gasteiger partial charge in [0.15, 0.2) is 11.5 Å². The first-order valence-corrected chi connectivity index (χ1v) is 6.39. The van der Waals surface area contributed by atoms with Crippen molar-refractivity contribution in [2.24, 2.45) is 5.84 Å². The van der Waals surface area contributed by atoms with E-state index >= 15 is 0 Å². The van der Waals surface area contributed by atoms with Gasteiger partial charge in [0, 0.05) is 11.8 Å². The standard InChI is InChI=1S/C13H11ClN4O3/c14-8-2-4-11(18-15)17-12(8)13(19)16-7-1-3-9-10(5-7)21-6-20-9/h1-5H,6,15H2,(H,16,19)(H,17,18). The molecule has 1 aliphatic rings. The number of hydrogen-bond donors (Lipinski definition) is 3. The third-order valence-electron chi connectivity index (χ3n) is 2.84. The van der Waals surface area contributed by atoms with Crippen molar-refractivity contribution in [1.82, 2.24) is 4.98 Å². The molecule has 8 heteroatoms. The number of hydrazine groups is 1. The minimum absolute atomic E-state index is 0.0739. The first-order chi connectivity index (χ1) is 10.2. The quantitative estimate of drug-likeness (QED) is 0.592. The van der Waals surface area contributed by atoms with E-state index in [1.54, 1.807) is 24.3 Å². The van der Waals surface area contributed by atoms with Crippen molar-refractivity contribution >= 4 is 29.0 Å². The smallest absolute Gasteiger partial charge is 0.275 e. The van der Waals surface area contributed by atoms with Crippen molar-refractivity contribution in [2.75, 3.05) is 17.5 Å². The fourth-order valence-electron chi connectivity index (χ4n) is 1.85. The Balaban J connectivity index is 1.83. The Morgan fingerprint density at radius 2 is 2.05 bits per heavy atom. The molecule has 21 heavy (non-hydrogen) atoms. The van der Waals surface area contributed by atoms with Crippen molar-refractivity contribution in [1.29, 1.82) is 0 Å². The second kappa shape index (κ2) is 5.47. The van der Waals surface area contributed by atoms with Crippen LogP contribution in [0, 0.1) is 0 Å². The van der Waals surface area contributed by atoms with Crippen molar-refractivity contribution in [3.63, 3.8) is 0 Å². The number of carbonyl (C=O) groups excluding carboxylic acids is 1. The van der Waals surface area contributed by atoms with Crippen LogP contribution >= 0.6 is 11.6 Å². The lowest BCUT2D eigenvalue weighted by molar-refractivity contribution is 0.102. The van der Waals surface area contributed by atoms with Crippen molar-refractivity contribution in [3.05, 3.63) is 41.0 Å². The summed E-state index contributed by atoms with van der Waals surface area (Å²) in [5, 5.41) is 2.92. The summed E-state index contributed by atoms with van der Waals surface area (Å²) in [4.78, 5) is 16.2. The van der Waals surface area contributed by atoms with E-state index in [-0.39, 0.29) is 17.5 Å². The molecule has 4 N–H and O–H groups in total. The highest BCUT2D eigenvalue weighted by Crippen LogP contribution is 2.34. The number of nitrogens with two attached hydrogens (primary N) is 1. The predicted octanol–water partition coefficient (Wildman–Crippen LogP) is 2.00. The zero-order valence-electron chi connectivity index (χ0n) is 10.7. The number of carbonyl (C=O) groups is 1. The molecule has 1 aromatic carbocycles. The SMILES string of the molecule is NNc1ccc(Cl)c(C(=O)Nc2ccc3c(c2)OCO3)n1. The highest BCUT2D eigenvalue weighted by Gasteiger charge is 2.17. The Morgan fingerprint density at radius 3 is 2.86 bits per heavy atom. The molecule has 1 aromatic heterocycles. The van der Waals surface area contributed by atoms with E-state index in [0.29, 0.717) is 23.0 Å². The lowest BCUT2D eigenvalue weighted by Crippen LogP contribution is -2.16. The number of rotatable bonds is 3. The summed E-state index contributed by atoms with van der Waals surface area (Å²) >= 11 is 5.97. The van der Waals surface area contributed by atoms with Crippen LogP contribution in [0.2, 0.25) is 5.02 Å². The number of nitrogens with zero attached hydrogens (tertiary/aromatic N) is 1. The number of halogens is 1. The second-order valence-electron chi connectivity index (χ2n) is 4.19. The molecular weight excluding hydrogens is 296 g/mol. The monoisotopic (exact) mass is 306 g/mol. The van der Waals surface area contributed by atoms with Crippen LogP contribution in [0.15, 0.2) is 30.3 Å². The molecule has 0 unspecified atom stereocenters. The summed E-state index contributed by atoms with van der Waals surface area (Å²) in [6, 6.07) is 8.19. The number of fused-ring (bicyclic) bond motifs is 1. The fourth-order valence-corrected chi connectivity index (χ4v) is 2.04. The molecular formula is C13H11ClN4O3. The maximum absolute atomic E-state index is 12.2. The van der Waals surface area contributed by atoms with Gasteiger partial charge < -0.3 is 20.2 Å². The molecule has 2 heterocycles. The van der Waals surface area contributed by atoms with Gasteiger partial charge in [0.25, 0.3) is 5.91 Å². The first-order valence-electron chi connectivity index (χ1n) is 6.01. The van der Waals surface area contributed by atoms with E-state index in [4.69, 9.17) is 26.9 Å². The summed E-state index contributed by atoms with van der Waals surface area (Å²) in [5.41, 5.74) is 2.98. The van der Waals surface area contributed by atoms with Gasteiger partial charge >= 0.3 is 0 Å². The van der Waals surface area contributed by atoms with Gasteiger partial charge in [-0.3, -0.25) is 4.79 Å². The number of hydrogen-bond acceptors (Lipinski definition) is 6. The molecule has 7 nitrogen and oxygen atoms in total.